The van der Waals surface area contributed by atoms with E-state index < -0.39 is 0 Å². The van der Waals surface area contributed by atoms with Crippen molar-refractivity contribution in [3.8, 4) is 11.5 Å². The van der Waals surface area contributed by atoms with Gasteiger partial charge in [0.1, 0.15) is 18.1 Å². The fourth-order valence-corrected chi connectivity index (χ4v) is 3.05. The minimum Gasteiger partial charge on any atom is -0.497 e. The average molecular weight is 341 g/mol. The maximum atomic E-state index is 5.95. The molecule has 0 aromatic heterocycles. The van der Waals surface area contributed by atoms with Gasteiger partial charge in [0.05, 0.1) is 20.3 Å². The van der Waals surface area contributed by atoms with Crippen molar-refractivity contribution in [3.05, 3.63) is 59.7 Å². The SMILES string of the molecule is COc1cccc(COc2cccc(CCCN3CCOCC3)c2)c1. The molecule has 1 saturated heterocycles. The first-order valence-corrected chi connectivity index (χ1v) is 8.98. The zero-order chi connectivity index (χ0) is 17.3. The maximum absolute atomic E-state index is 5.95. The number of rotatable bonds is 8. The van der Waals surface area contributed by atoms with E-state index in [1.54, 1.807) is 7.11 Å². The first kappa shape index (κ1) is 17.8. The molecule has 0 radical (unpaired) electrons. The second-order valence-corrected chi connectivity index (χ2v) is 6.35. The second-order valence-electron chi connectivity index (χ2n) is 6.35. The zero-order valence-electron chi connectivity index (χ0n) is 14.9. The van der Waals surface area contributed by atoms with E-state index in [1.165, 1.54) is 12.0 Å². The van der Waals surface area contributed by atoms with Crippen LogP contribution >= 0.6 is 0 Å². The van der Waals surface area contributed by atoms with Crippen LogP contribution in [0.4, 0.5) is 0 Å². The van der Waals surface area contributed by atoms with E-state index in [9.17, 15) is 0 Å². The van der Waals surface area contributed by atoms with Crippen molar-refractivity contribution in [3.63, 3.8) is 0 Å². The van der Waals surface area contributed by atoms with Crippen molar-refractivity contribution in [1.82, 2.24) is 4.90 Å². The Bertz CT molecular complexity index is 653. The third-order valence-corrected chi connectivity index (χ3v) is 4.48. The molecule has 134 valence electrons. The van der Waals surface area contributed by atoms with Gasteiger partial charge in [-0.2, -0.15) is 0 Å². The van der Waals surface area contributed by atoms with Crippen LogP contribution in [-0.4, -0.2) is 44.9 Å². The molecule has 1 aliphatic rings. The highest BCUT2D eigenvalue weighted by molar-refractivity contribution is 5.31. The van der Waals surface area contributed by atoms with E-state index in [2.05, 4.69) is 29.2 Å². The minimum atomic E-state index is 0.550. The first-order chi connectivity index (χ1) is 12.3. The molecular weight excluding hydrogens is 314 g/mol. The predicted molar refractivity (Wildman–Crippen MR) is 99.3 cm³/mol. The van der Waals surface area contributed by atoms with Gasteiger partial charge in [-0.05, 0) is 54.8 Å². The Morgan fingerprint density at radius 2 is 1.68 bits per heavy atom. The van der Waals surface area contributed by atoms with E-state index in [0.717, 1.165) is 56.3 Å². The van der Waals surface area contributed by atoms with Gasteiger partial charge in [0.2, 0.25) is 0 Å². The van der Waals surface area contributed by atoms with Crippen molar-refractivity contribution in [2.24, 2.45) is 0 Å². The molecule has 0 spiro atoms. The number of ether oxygens (including phenoxy) is 3. The van der Waals surface area contributed by atoms with Crippen LogP contribution < -0.4 is 9.47 Å². The van der Waals surface area contributed by atoms with Gasteiger partial charge in [0.15, 0.2) is 0 Å². The monoisotopic (exact) mass is 341 g/mol. The number of benzene rings is 2. The summed E-state index contributed by atoms with van der Waals surface area (Å²) in [5.41, 5.74) is 2.44. The average Bonchev–Trinajstić information content (AvgIpc) is 2.68. The van der Waals surface area contributed by atoms with Crippen LogP contribution in [0.3, 0.4) is 0 Å². The van der Waals surface area contributed by atoms with Crippen LogP contribution in [0, 0.1) is 0 Å². The first-order valence-electron chi connectivity index (χ1n) is 8.98. The third kappa shape index (κ3) is 5.76. The van der Waals surface area contributed by atoms with Crippen molar-refractivity contribution < 1.29 is 14.2 Å². The lowest BCUT2D eigenvalue weighted by Gasteiger charge is -2.26. The molecule has 0 unspecified atom stereocenters. The summed E-state index contributed by atoms with van der Waals surface area (Å²) in [5, 5.41) is 0. The molecule has 0 saturated carbocycles. The Labute approximate surface area is 150 Å². The fraction of sp³-hybridized carbons (Fsp3) is 0.429. The molecule has 1 fully saturated rings. The number of hydrogen-bond donors (Lipinski definition) is 0. The summed E-state index contributed by atoms with van der Waals surface area (Å²) in [7, 11) is 1.68. The van der Waals surface area contributed by atoms with E-state index in [-0.39, 0.29) is 0 Å². The molecule has 0 aliphatic carbocycles. The largest absolute Gasteiger partial charge is 0.497 e. The molecule has 2 aromatic rings. The maximum Gasteiger partial charge on any atom is 0.120 e. The van der Waals surface area contributed by atoms with Crippen LogP contribution in [-0.2, 0) is 17.8 Å². The third-order valence-electron chi connectivity index (χ3n) is 4.48. The molecule has 25 heavy (non-hydrogen) atoms. The highest BCUT2D eigenvalue weighted by Gasteiger charge is 2.09. The lowest BCUT2D eigenvalue weighted by molar-refractivity contribution is 0.0374. The second kappa shape index (κ2) is 9.44. The summed E-state index contributed by atoms with van der Waals surface area (Å²) in [6.07, 6.45) is 2.24. The minimum absolute atomic E-state index is 0.550. The molecule has 4 nitrogen and oxygen atoms in total. The lowest BCUT2D eigenvalue weighted by atomic mass is 10.1. The van der Waals surface area contributed by atoms with E-state index in [0.29, 0.717) is 6.61 Å². The van der Waals surface area contributed by atoms with Crippen LogP contribution in [0.1, 0.15) is 17.5 Å². The molecule has 1 aliphatic heterocycles. The molecule has 0 N–H and O–H groups in total. The van der Waals surface area contributed by atoms with Gasteiger partial charge in [-0.1, -0.05) is 24.3 Å². The summed E-state index contributed by atoms with van der Waals surface area (Å²) < 4.78 is 16.6. The molecule has 0 atom stereocenters. The molecule has 2 aromatic carbocycles. The van der Waals surface area contributed by atoms with Gasteiger partial charge in [-0.3, -0.25) is 4.90 Å². The summed E-state index contributed by atoms with van der Waals surface area (Å²) >= 11 is 0. The molecule has 1 heterocycles. The molecule has 0 amide bonds. The summed E-state index contributed by atoms with van der Waals surface area (Å²) in [6, 6.07) is 16.4. The Kier molecular flexibility index (Phi) is 6.71. The Hall–Kier alpha value is -2.04. The molecule has 0 bridgehead atoms. The van der Waals surface area contributed by atoms with Gasteiger partial charge >= 0.3 is 0 Å². The number of nitrogens with zero attached hydrogens (tertiary/aromatic N) is 1. The fourth-order valence-electron chi connectivity index (χ4n) is 3.05. The van der Waals surface area contributed by atoms with Crippen molar-refractivity contribution in [2.75, 3.05) is 40.0 Å². The van der Waals surface area contributed by atoms with Gasteiger partial charge in [-0.15, -0.1) is 0 Å². The standard InChI is InChI=1S/C21H27NO3/c1-23-20-8-3-6-19(16-20)17-25-21-9-2-5-18(15-21)7-4-10-22-11-13-24-14-12-22/h2-3,5-6,8-9,15-16H,4,7,10-14,17H2,1H3. The topological polar surface area (TPSA) is 30.9 Å². The highest BCUT2D eigenvalue weighted by atomic mass is 16.5. The number of hydrogen-bond acceptors (Lipinski definition) is 4. The van der Waals surface area contributed by atoms with Crippen molar-refractivity contribution >= 4 is 0 Å². The summed E-state index contributed by atoms with van der Waals surface area (Å²) in [6.45, 7) is 5.54. The lowest BCUT2D eigenvalue weighted by Crippen LogP contribution is -2.36. The van der Waals surface area contributed by atoms with Crippen molar-refractivity contribution in [2.45, 2.75) is 19.4 Å². The quantitative estimate of drug-likeness (QED) is 0.735. The normalized spacial score (nSPS) is 15.1. The summed E-state index contributed by atoms with van der Waals surface area (Å²) in [5.74, 6) is 1.78. The van der Waals surface area contributed by atoms with E-state index in [1.807, 2.05) is 24.3 Å². The Morgan fingerprint density at radius 3 is 2.48 bits per heavy atom. The summed E-state index contributed by atoms with van der Waals surface area (Å²) in [4.78, 5) is 2.48. The zero-order valence-corrected chi connectivity index (χ0v) is 14.9. The van der Waals surface area contributed by atoms with Crippen LogP contribution in [0.15, 0.2) is 48.5 Å². The molecule has 3 rings (SSSR count). The number of aryl methyl sites for hydroxylation is 1. The van der Waals surface area contributed by atoms with Crippen LogP contribution in [0.2, 0.25) is 0 Å². The van der Waals surface area contributed by atoms with Gasteiger partial charge in [0, 0.05) is 13.1 Å². The van der Waals surface area contributed by atoms with Gasteiger partial charge < -0.3 is 14.2 Å². The van der Waals surface area contributed by atoms with E-state index >= 15 is 0 Å². The Balaban J connectivity index is 1.47. The predicted octanol–water partition coefficient (Wildman–Crippen LogP) is 3.54. The van der Waals surface area contributed by atoms with Gasteiger partial charge in [-0.25, -0.2) is 0 Å². The van der Waals surface area contributed by atoms with Gasteiger partial charge in [0.25, 0.3) is 0 Å². The number of morpholine rings is 1. The molecule has 4 heteroatoms. The van der Waals surface area contributed by atoms with Crippen molar-refractivity contribution in [1.29, 1.82) is 0 Å². The smallest absolute Gasteiger partial charge is 0.120 e. The Morgan fingerprint density at radius 1 is 0.960 bits per heavy atom. The number of methoxy groups -OCH3 is 1. The van der Waals surface area contributed by atoms with E-state index in [4.69, 9.17) is 14.2 Å². The molecular formula is C21H27NO3. The van der Waals surface area contributed by atoms with Crippen LogP contribution in [0.25, 0.3) is 0 Å². The van der Waals surface area contributed by atoms with Crippen LogP contribution in [0.5, 0.6) is 11.5 Å². The highest BCUT2D eigenvalue weighted by Crippen LogP contribution is 2.18.